The predicted octanol–water partition coefficient (Wildman–Crippen LogP) is 1.20. The Morgan fingerprint density at radius 1 is 1.35 bits per heavy atom. The van der Waals surface area contributed by atoms with Crippen LogP contribution in [0, 0.1) is 5.92 Å². The average molecular weight is 235 g/mol. The van der Waals surface area contributed by atoms with Gasteiger partial charge < -0.3 is 16.0 Å². The molecule has 3 N–H and O–H groups in total. The smallest absolute Gasteiger partial charge is 0.144 e. The Balaban J connectivity index is 1.74. The van der Waals surface area contributed by atoms with Crippen LogP contribution in [0.4, 0.5) is 11.6 Å². The lowest BCUT2D eigenvalue weighted by Gasteiger charge is -2.31. The Morgan fingerprint density at radius 2 is 2.12 bits per heavy atom. The van der Waals surface area contributed by atoms with E-state index in [1.165, 1.54) is 32.5 Å². The zero-order valence-electron chi connectivity index (χ0n) is 10.4. The summed E-state index contributed by atoms with van der Waals surface area (Å²) in [6, 6.07) is 0. The minimum atomic E-state index is 0.465. The highest BCUT2D eigenvalue weighted by Crippen LogP contribution is 2.17. The van der Waals surface area contributed by atoms with Crippen molar-refractivity contribution in [2.24, 2.45) is 5.92 Å². The number of hydrogen-bond donors (Lipinski definition) is 2. The van der Waals surface area contributed by atoms with Crippen molar-refractivity contribution in [3.63, 3.8) is 0 Å². The van der Waals surface area contributed by atoms with Gasteiger partial charge in [-0.15, -0.1) is 0 Å². The second-order valence-corrected chi connectivity index (χ2v) is 4.59. The van der Waals surface area contributed by atoms with Crippen LogP contribution >= 0.6 is 0 Å². The summed E-state index contributed by atoms with van der Waals surface area (Å²) in [4.78, 5) is 10.7. The fraction of sp³-hybridized carbons (Fsp3) is 0.667. The molecule has 0 saturated carbocycles. The van der Waals surface area contributed by atoms with Gasteiger partial charge >= 0.3 is 0 Å². The molecule has 0 aromatic carbocycles. The Hall–Kier alpha value is -1.36. The molecule has 1 fully saturated rings. The first-order chi connectivity index (χ1) is 8.28. The van der Waals surface area contributed by atoms with Gasteiger partial charge in [-0.1, -0.05) is 6.92 Å². The summed E-state index contributed by atoms with van der Waals surface area (Å²) in [6.07, 6.45) is 5.81. The number of hydrogen-bond acceptors (Lipinski definition) is 5. The quantitative estimate of drug-likeness (QED) is 0.821. The van der Waals surface area contributed by atoms with Gasteiger partial charge in [0.2, 0.25) is 0 Å². The first-order valence-electron chi connectivity index (χ1n) is 6.31. The van der Waals surface area contributed by atoms with Crippen molar-refractivity contribution < 1.29 is 0 Å². The average Bonchev–Trinajstić information content (AvgIpc) is 2.39. The number of likely N-dealkylation sites (tertiary alicyclic amines) is 1. The molecule has 2 heterocycles. The van der Waals surface area contributed by atoms with E-state index < -0.39 is 0 Å². The van der Waals surface area contributed by atoms with Crippen molar-refractivity contribution >= 4 is 11.6 Å². The summed E-state index contributed by atoms with van der Waals surface area (Å²) in [7, 11) is 0. The number of nitrogens with zero attached hydrogens (tertiary/aromatic N) is 3. The molecule has 17 heavy (non-hydrogen) atoms. The molecule has 0 radical (unpaired) electrons. The summed E-state index contributed by atoms with van der Waals surface area (Å²) in [5.41, 5.74) is 5.49. The third-order valence-corrected chi connectivity index (χ3v) is 3.40. The monoisotopic (exact) mass is 235 g/mol. The van der Waals surface area contributed by atoms with Gasteiger partial charge in [0.05, 0.1) is 12.4 Å². The van der Waals surface area contributed by atoms with Gasteiger partial charge in [-0.2, -0.15) is 0 Å². The molecule has 0 aliphatic carbocycles. The van der Waals surface area contributed by atoms with Crippen molar-refractivity contribution in [3.8, 4) is 0 Å². The molecule has 1 aliphatic rings. The summed E-state index contributed by atoms with van der Waals surface area (Å²) < 4.78 is 0. The van der Waals surface area contributed by atoms with Crippen molar-refractivity contribution in [2.75, 3.05) is 37.2 Å². The molecule has 94 valence electrons. The van der Waals surface area contributed by atoms with Crippen molar-refractivity contribution in [1.82, 2.24) is 14.9 Å². The molecular weight excluding hydrogens is 214 g/mol. The number of nitrogens with one attached hydrogen (secondary N) is 1. The molecule has 5 heteroatoms. The summed E-state index contributed by atoms with van der Waals surface area (Å²) in [5, 5.41) is 3.33. The van der Waals surface area contributed by atoms with Gasteiger partial charge in [-0.05, 0) is 38.4 Å². The van der Waals surface area contributed by atoms with Gasteiger partial charge in [0, 0.05) is 6.54 Å². The fourth-order valence-corrected chi connectivity index (χ4v) is 2.19. The third kappa shape index (κ3) is 3.56. The number of rotatable bonds is 4. The van der Waals surface area contributed by atoms with Crippen LogP contribution < -0.4 is 11.1 Å². The highest BCUT2D eigenvalue weighted by Gasteiger charge is 2.17. The minimum absolute atomic E-state index is 0.465. The van der Waals surface area contributed by atoms with E-state index >= 15 is 0 Å². The first-order valence-corrected chi connectivity index (χ1v) is 6.31. The number of aromatic nitrogens is 2. The highest BCUT2D eigenvalue weighted by molar-refractivity contribution is 5.35. The van der Waals surface area contributed by atoms with Gasteiger partial charge in [0.15, 0.2) is 0 Å². The van der Waals surface area contributed by atoms with Crippen molar-refractivity contribution in [3.05, 3.63) is 12.4 Å². The van der Waals surface area contributed by atoms with E-state index in [2.05, 4.69) is 27.1 Å². The minimum Gasteiger partial charge on any atom is -0.382 e. The number of anilines is 2. The van der Waals surface area contributed by atoms with Crippen LogP contribution in [0.15, 0.2) is 12.4 Å². The van der Waals surface area contributed by atoms with Gasteiger partial charge in [0.25, 0.3) is 0 Å². The normalized spacial score (nSPS) is 18.2. The lowest BCUT2D eigenvalue weighted by Crippen LogP contribution is -2.35. The second-order valence-electron chi connectivity index (χ2n) is 4.59. The third-order valence-electron chi connectivity index (χ3n) is 3.40. The summed E-state index contributed by atoms with van der Waals surface area (Å²) in [5.74, 6) is 2.03. The SMILES string of the molecule is CCN1CCC(CNc2cnc(N)cn2)CC1. The number of nitrogens with two attached hydrogens (primary N) is 1. The molecule has 0 spiro atoms. The summed E-state index contributed by atoms with van der Waals surface area (Å²) >= 11 is 0. The summed E-state index contributed by atoms with van der Waals surface area (Å²) in [6.45, 7) is 6.81. The molecule has 5 nitrogen and oxygen atoms in total. The topological polar surface area (TPSA) is 67.1 Å². The van der Waals surface area contributed by atoms with E-state index in [1.807, 2.05) is 0 Å². The Labute approximate surface area is 102 Å². The maximum absolute atomic E-state index is 5.49. The maximum Gasteiger partial charge on any atom is 0.144 e. The molecule has 1 aromatic heterocycles. The zero-order valence-corrected chi connectivity index (χ0v) is 10.4. The predicted molar refractivity (Wildman–Crippen MR) is 69.8 cm³/mol. The molecule has 0 atom stereocenters. The van der Waals surface area contributed by atoms with Gasteiger partial charge in [0.1, 0.15) is 11.6 Å². The van der Waals surface area contributed by atoms with E-state index in [0.717, 1.165) is 18.3 Å². The zero-order chi connectivity index (χ0) is 12.1. The number of piperidine rings is 1. The maximum atomic E-state index is 5.49. The molecule has 0 amide bonds. The van der Waals surface area contributed by atoms with Crippen LogP contribution in [0.5, 0.6) is 0 Å². The lowest BCUT2D eigenvalue weighted by molar-refractivity contribution is 0.198. The van der Waals surface area contributed by atoms with Crippen LogP contribution in [0.3, 0.4) is 0 Å². The molecule has 1 aromatic rings. The molecule has 0 unspecified atom stereocenters. The van der Waals surface area contributed by atoms with E-state index in [1.54, 1.807) is 12.4 Å². The number of nitrogen functional groups attached to an aromatic ring is 1. The van der Waals surface area contributed by atoms with Gasteiger partial charge in [-0.25, -0.2) is 9.97 Å². The Bertz CT molecular complexity index is 329. The molecule has 1 aliphatic heterocycles. The molecular formula is C12H21N5. The van der Waals surface area contributed by atoms with E-state index in [9.17, 15) is 0 Å². The van der Waals surface area contributed by atoms with Crippen molar-refractivity contribution in [2.45, 2.75) is 19.8 Å². The van der Waals surface area contributed by atoms with E-state index in [0.29, 0.717) is 5.82 Å². The Kier molecular flexibility index (Phi) is 4.14. The molecule has 0 bridgehead atoms. The second kappa shape index (κ2) is 5.82. The van der Waals surface area contributed by atoms with E-state index in [-0.39, 0.29) is 0 Å². The highest BCUT2D eigenvalue weighted by atomic mass is 15.1. The van der Waals surface area contributed by atoms with Crippen LogP contribution in [0.2, 0.25) is 0 Å². The first kappa shape index (κ1) is 12.1. The van der Waals surface area contributed by atoms with Crippen LogP contribution in [0.25, 0.3) is 0 Å². The van der Waals surface area contributed by atoms with Crippen LogP contribution in [0.1, 0.15) is 19.8 Å². The van der Waals surface area contributed by atoms with Gasteiger partial charge in [-0.3, -0.25) is 0 Å². The molecule has 2 rings (SSSR count). The Morgan fingerprint density at radius 3 is 2.71 bits per heavy atom. The van der Waals surface area contributed by atoms with Crippen LogP contribution in [-0.4, -0.2) is 41.0 Å². The largest absolute Gasteiger partial charge is 0.382 e. The molecule has 1 saturated heterocycles. The fourth-order valence-electron chi connectivity index (χ4n) is 2.19. The standard InChI is InChI=1S/C12H21N5/c1-2-17-5-3-10(4-6-17)7-15-12-9-14-11(13)8-16-12/h8-10H,2-7H2,1H3,(H2,13,14)(H,15,16). The van der Waals surface area contributed by atoms with Crippen LogP contribution in [-0.2, 0) is 0 Å². The van der Waals surface area contributed by atoms with E-state index in [4.69, 9.17) is 5.73 Å². The van der Waals surface area contributed by atoms with Crippen molar-refractivity contribution in [1.29, 1.82) is 0 Å². The lowest BCUT2D eigenvalue weighted by atomic mass is 9.97.